The van der Waals surface area contributed by atoms with Crippen LogP contribution in [0.1, 0.15) is 36.2 Å². The molecule has 2 amide bonds. The van der Waals surface area contributed by atoms with Crippen molar-refractivity contribution < 1.29 is 18.0 Å². The Bertz CT molecular complexity index is 1240. The number of aryl methyl sites for hydroxylation is 1. The first-order valence-corrected chi connectivity index (χ1v) is 12.5. The zero-order valence-corrected chi connectivity index (χ0v) is 20.3. The van der Waals surface area contributed by atoms with Crippen molar-refractivity contribution in [2.24, 2.45) is 0 Å². The molecule has 0 spiro atoms. The molecule has 2 N–H and O–H groups in total. The molecule has 0 saturated carbocycles. The van der Waals surface area contributed by atoms with Gasteiger partial charge in [0.25, 0.3) is 15.9 Å². The Morgan fingerprint density at radius 2 is 1.53 bits per heavy atom. The van der Waals surface area contributed by atoms with Gasteiger partial charge < -0.3 is 10.6 Å². The monoisotopic (exact) mass is 479 g/mol. The molecule has 34 heavy (non-hydrogen) atoms. The summed E-state index contributed by atoms with van der Waals surface area (Å²) in [6.45, 7) is 5.30. The summed E-state index contributed by atoms with van der Waals surface area (Å²) in [4.78, 5) is 25.8. The normalized spacial score (nSPS) is 12.0. The van der Waals surface area contributed by atoms with E-state index in [0.29, 0.717) is 16.9 Å². The number of rotatable bonds is 9. The molecule has 0 fully saturated rings. The molecule has 1 atom stereocenters. The van der Waals surface area contributed by atoms with Crippen LogP contribution >= 0.6 is 0 Å². The molecule has 0 saturated heterocycles. The average Bonchev–Trinajstić information content (AvgIpc) is 2.84. The van der Waals surface area contributed by atoms with Crippen molar-refractivity contribution in [3.63, 3.8) is 0 Å². The summed E-state index contributed by atoms with van der Waals surface area (Å²) in [6, 6.07) is 21.5. The second-order valence-electron chi connectivity index (χ2n) is 8.04. The lowest BCUT2D eigenvalue weighted by molar-refractivity contribution is -0.114. The Morgan fingerprint density at radius 3 is 2.18 bits per heavy atom. The molecule has 0 aliphatic carbocycles. The van der Waals surface area contributed by atoms with Gasteiger partial charge in [0.05, 0.1) is 21.8 Å². The predicted molar refractivity (Wildman–Crippen MR) is 134 cm³/mol. The first-order valence-electron chi connectivity index (χ1n) is 11.1. The quantitative estimate of drug-likeness (QED) is 0.477. The van der Waals surface area contributed by atoms with E-state index in [9.17, 15) is 18.0 Å². The number of hydrogen-bond donors (Lipinski definition) is 2. The number of sulfonamides is 1. The zero-order valence-electron chi connectivity index (χ0n) is 19.5. The molecule has 0 bridgehead atoms. The second-order valence-corrected chi connectivity index (χ2v) is 9.90. The van der Waals surface area contributed by atoms with Crippen molar-refractivity contribution in [1.29, 1.82) is 0 Å². The summed E-state index contributed by atoms with van der Waals surface area (Å²) in [7, 11) is -4.01. The van der Waals surface area contributed by atoms with Crippen LogP contribution in [0, 0.1) is 6.92 Å². The Labute approximate surface area is 200 Å². The molecular formula is C26H29N3O4S. The molecule has 0 heterocycles. The van der Waals surface area contributed by atoms with Gasteiger partial charge in [0.2, 0.25) is 5.91 Å². The smallest absolute Gasteiger partial charge is 0.264 e. The van der Waals surface area contributed by atoms with Crippen LogP contribution in [-0.2, 0) is 14.8 Å². The molecule has 0 aliphatic rings. The van der Waals surface area contributed by atoms with E-state index in [1.807, 2.05) is 20.8 Å². The van der Waals surface area contributed by atoms with Crippen LogP contribution in [0.15, 0.2) is 83.8 Å². The first kappa shape index (κ1) is 25.0. The van der Waals surface area contributed by atoms with E-state index in [1.165, 1.54) is 12.1 Å². The van der Waals surface area contributed by atoms with Crippen LogP contribution in [0.5, 0.6) is 0 Å². The van der Waals surface area contributed by atoms with Crippen molar-refractivity contribution in [3.05, 3.63) is 90.0 Å². The van der Waals surface area contributed by atoms with Crippen LogP contribution in [0.2, 0.25) is 0 Å². The largest absolute Gasteiger partial charge is 0.350 e. The minimum atomic E-state index is -4.01. The van der Waals surface area contributed by atoms with E-state index in [1.54, 1.807) is 66.7 Å². The zero-order chi connectivity index (χ0) is 24.7. The molecule has 0 unspecified atom stereocenters. The molecule has 178 valence electrons. The van der Waals surface area contributed by atoms with Crippen molar-refractivity contribution in [1.82, 2.24) is 5.32 Å². The van der Waals surface area contributed by atoms with Crippen LogP contribution in [-0.4, -0.2) is 32.8 Å². The molecule has 3 aromatic rings. The highest BCUT2D eigenvalue weighted by Crippen LogP contribution is 2.24. The summed E-state index contributed by atoms with van der Waals surface area (Å²) in [5, 5.41) is 5.59. The first-order chi connectivity index (χ1) is 16.2. The average molecular weight is 480 g/mol. The third kappa shape index (κ3) is 6.02. The summed E-state index contributed by atoms with van der Waals surface area (Å²) >= 11 is 0. The number of nitrogens with one attached hydrogen (secondary N) is 2. The fourth-order valence-electron chi connectivity index (χ4n) is 3.26. The maximum absolute atomic E-state index is 13.4. The number of nitrogens with zero attached hydrogens (tertiary/aromatic N) is 1. The lowest BCUT2D eigenvalue weighted by Crippen LogP contribution is -2.38. The molecule has 3 aromatic carbocycles. The van der Waals surface area contributed by atoms with Crippen molar-refractivity contribution in [2.75, 3.05) is 16.2 Å². The highest BCUT2D eigenvalue weighted by atomic mass is 32.2. The lowest BCUT2D eigenvalue weighted by atomic mass is 10.1. The molecule has 7 nitrogen and oxygen atoms in total. The highest BCUT2D eigenvalue weighted by molar-refractivity contribution is 7.92. The van der Waals surface area contributed by atoms with E-state index in [2.05, 4.69) is 10.6 Å². The number of anilines is 2. The Balaban J connectivity index is 1.89. The standard InChI is InChI=1S/C26H29N3O4S/c1-4-20(3)27-26(31)23-12-8-9-13-24(23)28-25(30)18-29(21-16-14-19(2)15-17-21)34(32,33)22-10-6-5-7-11-22/h5-17,20H,4,18H2,1-3H3,(H,27,31)(H,28,30)/t20-/m0/s1. The Morgan fingerprint density at radius 1 is 0.912 bits per heavy atom. The van der Waals surface area contributed by atoms with Gasteiger partial charge in [-0.2, -0.15) is 0 Å². The number of benzene rings is 3. The molecular weight excluding hydrogens is 450 g/mol. The molecule has 0 aliphatic heterocycles. The summed E-state index contributed by atoms with van der Waals surface area (Å²) in [5.41, 5.74) is 1.96. The minimum absolute atomic E-state index is 0.0238. The van der Waals surface area contributed by atoms with Crippen LogP contribution in [0.3, 0.4) is 0 Å². The third-order valence-electron chi connectivity index (χ3n) is 5.38. The predicted octanol–water partition coefficient (Wildman–Crippen LogP) is 4.36. The third-order valence-corrected chi connectivity index (χ3v) is 7.16. The molecule has 0 aromatic heterocycles. The number of carbonyl (C=O) groups excluding carboxylic acids is 2. The number of para-hydroxylation sites is 1. The van der Waals surface area contributed by atoms with Crippen LogP contribution in [0.25, 0.3) is 0 Å². The van der Waals surface area contributed by atoms with Gasteiger partial charge in [-0.25, -0.2) is 8.42 Å². The van der Waals surface area contributed by atoms with Gasteiger partial charge in [-0.15, -0.1) is 0 Å². The highest BCUT2D eigenvalue weighted by Gasteiger charge is 2.27. The van der Waals surface area contributed by atoms with E-state index in [0.717, 1.165) is 16.3 Å². The van der Waals surface area contributed by atoms with Crippen molar-refractivity contribution in [3.8, 4) is 0 Å². The second kappa shape index (κ2) is 11.0. The van der Waals surface area contributed by atoms with E-state index in [4.69, 9.17) is 0 Å². The fourth-order valence-corrected chi connectivity index (χ4v) is 4.70. The van der Waals surface area contributed by atoms with Gasteiger partial charge in [0, 0.05) is 6.04 Å². The van der Waals surface area contributed by atoms with Crippen molar-refractivity contribution in [2.45, 2.75) is 38.1 Å². The van der Waals surface area contributed by atoms with E-state index < -0.39 is 22.5 Å². The van der Waals surface area contributed by atoms with Gasteiger partial charge in [-0.1, -0.05) is 55.0 Å². The van der Waals surface area contributed by atoms with Gasteiger partial charge in [0.15, 0.2) is 0 Å². The SMILES string of the molecule is CC[C@H](C)NC(=O)c1ccccc1NC(=O)CN(c1ccc(C)cc1)S(=O)(=O)c1ccccc1. The summed E-state index contributed by atoms with van der Waals surface area (Å²) in [6.07, 6.45) is 0.767. The topological polar surface area (TPSA) is 95.6 Å². The van der Waals surface area contributed by atoms with E-state index >= 15 is 0 Å². The summed E-state index contributed by atoms with van der Waals surface area (Å²) in [5.74, 6) is -0.874. The van der Waals surface area contributed by atoms with Crippen LogP contribution < -0.4 is 14.9 Å². The number of hydrogen-bond acceptors (Lipinski definition) is 4. The molecule has 0 radical (unpaired) electrons. The minimum Gasteiger partial charge on any atom is -0.350 e. The van der Waals surface area contributed by atoms with Gasteiger partial charge in [-0.05, 0) is 56.7 Å². The Kier molecular flexibility index (Phi) is 8.07. The van der Waals surface area contributed by atoms with Gasteiger partial charge in [0.1, 0.15) is 6.54 Å². The van der Waals surface area contributed by atoms with Crippen molar-refractivity contribution >= 4 is 33.2 Å². The van der Waals surface area contributed by atoms with Gasteiger partial charge in [-0.3, -0.25) is 13.9 Å². The molecule has 8 heteroatoms. The van der Waals surface area contributed by atoms with Crippen LogP contribution in [0.4, 0.5) is 11.4 Å². The maximum Gasteiger partial charge on any atom is 0.264 e. The van der Waals surface area contributed by atoms with E-state index in [-0.39, 0.29) is 16.8 Å². The number of carbonyl (C=O) groups is 2. The fraction of sp³-hybridized carbons (Fsp3) is 0.231. The lowest BCUT2D eigenvalue weighted by Gasteiger charge is -2.24. The number of amides is 2. The summed E-state index contributed by atoms with van der Waals surface area (Å²) < 4.78 is 27.9. The Hall–Kier alpha value is -3.65. The van der Waals surface area contributed by atoms with Gasteiger partial charge >= 0.3 is 0 Å². The molecule has 3 rings (SSSR count). The maximum atomic E-state index is 13.4.